The molecule has 2 fully saturated rings. The van der Waals surface area contributed by atoms with E-state index in [1.807, 2.05) is 18.5 Å². The molecule has 0 aromatic carbocycles. The van der Waals surface area contributed by atoms with Gasteiger partial charge >= 0.3 is 0 Å². The normalized spacial score (nSPS) is 21.0. The Morgan fingerprint density at radius 3 is 2.38 bits per heavy atom. The molecule has 7 nitrogen and oxygen atoms in total. The lowest BCUT2D eigenvalue weighted by atomic mass is 9.96. The summed E-state index contributed by atoms with van der Waals surface area (Å²) in [7, 11) is 1.99. The van der Waals surface area contributed by atoms with Gasteiger partial charge in [0.1, 0.15) is 12.4 Å². The maximum atomic E-state index is 5.46. The van der Waals surface area contributed by atoms with Crippen molar-refractivity contribution in [2.24, 2.45) is 12.0 Å². The fourth-order valence-electron chi connectivity index (χ4n) is 3.35. The highest BCUT2D eigenvalue weighted by atomic mass is 16.5. The highest BCUT2D eigenvalue weighted by Gasteiger charge is 2.19. The lowest BCUT2D eigenvalue weighted by molar-refractivity contribution is 0.0821. The first-order chi connectivity index (χ1) is 11.7. The smallest absolute Gasteiger partial charge is 0.192 e. The van der Waals surface area contributed by atoms with Gasteiger partial charge in [-0.15, -0.1) is 10.2 Å². The fourth-order valence-corrected chi connectivity index (χ4v) is 3.35. The topological polar surface area (TPSA) is 76.4 Å². The van der Waals surface area contributed by atoms with Crippen LogP contribution in [0.4, 0.5) is 0 Å². The van der Waals surface area contributed by atoms with Crippen LogP contribution in [0.1, 0.15) is 56.6 Å². The quantitative estimate of drug-likeness (QED) is 0.647. The molecule has 0 spiro atoms. The van der Waals surface area contributed by atoms with Crippen LogP contribution in [-0.2, 0) is 18.3 Å². The van der Waals surface area contributed by atoms with Crippen molar-refractivity contribution in [3.8, 4) is 0 Å². The predicted octanol–water partition coefficient (Wildman–Crippen LogP) is 1.67. The Bertz CT molecular complexity index is 521. The number of aliphatic imine (C=N–C) groups is 1. The number of rotatable bonds is 4. The van der Waals surface area contributed by atoms with Crippen molar-refractivity contribution in [2.45, 2.75) is 70.5 Å². The van der Waals surface area contributed by atoms with Gasteiger partial charge in [-0.3, -0.25) is 0 Å². The van der Waals surface area contributed by atoms with Crippen LogP contribution in [0.5, 0.6) is 0 Å². The van der Waals surface area contributed by atoms with E-state index in [9.17, 15) is 0 Å². The van der Waals surface area contributed by atoms with E-state index in [2.05, 4.69) is 20.8 Å². The van der Waals surface area contributed by atoms with Gasteiger partial charge in [-0.1, -0.05) is 19.3 Å². The Labute approximate surface area is 144 Å². The van der Waals surface area contributed by atoms with Gasteiger partial charge < -0.3 is 19.9 Å². The number of nitrogens with one attached hydrogen (secondary N) is 2. The summed E-state index contributed by atoms with van der Waals surface area (Å²) in [4.78, 5) is 4.79. The zero-order valence-electron chi connectivity index (χ0n) is 14.9. The first-order valence-electron chi connectivity index (χ1n) is 9.22. The number of guanidine groups is 1. The third-order valence-electron chi connectivity index (χ3n) is 5.07. The third kappa shape index (κ3) is 4.69. The van der Waals surface area contributed by atoms with Crippen LogP contribution in [0.3, 0.4) is 0 Å². The molecule has 1 aromatic rings. The molecule has 0 atom stereocenters. The Balaban J connectivity index is 1.64. The van der Waals surface area contributed by atoms with Crippen molar-refractivity contribution in [1.29, 1.82) is 0 Å². The standard InChI is InChI=1S/C17H30N6O/c1-13-21-22-16(23(13)2)12-18-17(19-14-6-4-3-5-7-14)20-15-8-10-24-11-9-15/h14-15H,3-12H2,1-2H3,(H2,18,19,20). The molecule has 1 aliphatic heterocycles. The van der Waals surface area contributed by atoms with E-state index in [-0.39, 0.29) is 0 Å². The Hall–Kier alpha value is -1.63. The number of aryl methyl sites for hydroxylation is 1. The summed E-state index contributed by atoms with van der Waals surface area (Å²) in [6.07, 6.45) is 8.52. The maximum absolute atomic E-state index is 5.46. The van der Waals surface area contributed by atoms with Crippen molar-refractivity contribution in [3.05, 3.63) is 11.6 Å². The molecule has 1 aromatic heterocycles. The summed E-state index contributed by atoms with van der Waals surface area (Å²) in [5.74, 6) is 2.72. The molecular weight excluding hydrogens is 304 g/mol. The van der Waals surface area contributed by atoms with Crippen molar-refractivity contribution >= 4 is 5.96 Å². The first kappa shape index (κ1) is 17.2. The predicted molar refractivity (Wildman–Crippen MR) is 93.9 cm³/mol. The molecule has 2 heterocycles. The molecule has 2 aliphatic rings. The molecule has 0 unspecified atom stereocenters. The van der Waals surface area contributed by atoms with E-state index >= 15 is 0 Å². The molecule has 2 N–H and O–H groups in total. The summed E-state index contributed by atoms with van der Waals surface area (Å²) in [5.41, 5.74) is 0. The summed E-state index contributed by atoms with van der Waals surface area (Å²) < 4.78 is 7.45. The molecule has 0 bridgehead atoms. The highest BCUT2D eigenvalue weighted by molar-refractivity contribution is 5.80. The number of aromatic nitrogens is 3. The third-order valence-corrected chi connectivity index (χ3v) is 5.07. The Morgan fingerprint density at radius 2 is 1.75 bits per heavy atom. The molecule has 3 rings (SSSR count). The van der Waals surface area contributed by atoms with Crippen LogP contribution in [-0.4, -0.2) is 46.0 Å². The van der Waals surface area contributed by atoms with Crippen molar-refractivity contribution in [3.63, 3.8) is 0 Å². The Morgan fingerprint density at radius 1 is 1.08 bits per heavy atom. The fraction of sp³-hybridized carbons (Fsp3) is 0.824. The maximum Gasteiger partial charge on any atom is 0.192 e. The van der Waals surface area contributed by atoms with Crippen LogP contribution in [0.25, 0.3) is 0 Å². The second-order valence-corrected chi connectivity index (χ2v) is 6.90. The summed E-state index contributed by atoms with van der Waals surface area (Å²) in [6.45, 7) is 4.16. The molecule has 0 radical (unpaired) electrons. The minimum absolute atomic E-state index is 0.440. The lowest BCUT2D eigenvalue weighted by Gasteiger charge is -2.29. The largest absolute Gasteiger partial charge is 0.381 e. The van der Waals surface area contributed by atoms with Crippen LogP contribution in [0.15, 0.2) is 4.99 Å². The number of ether oxygens (including phenoxy) is 1. The molecule has 134 valence electrons. The first-order valence-corrected chi connectivity index (χ1v) is 9.22. The summed E-state index contributed by atoms with van der Waals surface area (Å²) in [6, 6.07) is 0.973. The van der Waals surface area contributed by atoms with E-state index < -0.39 is 0 Å². The van der Waals surface area contributed by atoms with Gasteiger partial charge in [0.2, 0.25) is 0 Å². The Kier molecular flexibility index (Phi) is 6.07. The van der Waals surface area contributed by atoms with Gasteiger partial charge in [0.25, 0.3) is 0 Å². The molecule has 1 saturated heterocycles. The van der Waals surface area contributed by atoms with Crippen LogP contribution in [0, 0.1) is 6.92 Å². The van der Waals surface area contributed by atoms with Gasteiger partial charge in [-0.25, -0.2) is 4.99 Å². The van der Waals surface area contributed by atoms with Crippen LogP contribution < -0.4 is 10.6 Å². The van der Waals surface area contributed by atoms with Crippen molar-refractivity contribution in [2.75, 3.05) is 13.2 Å². The van der Waals surface area contributed by atoms with E-state index in [0.29, 0.717) is 18.6 Å². The van der Waals surface area contributed by atoms with Gasteiger partial charge in [0.15, 0.2) is 11.8 Å². The number of hydrogen-bond donors (Lipinski definition) is 2. The van der Waals surface area contributed by atoms with Gasteiger partial charge in [-0.05, 0) is 32.6 Å². The second-order valence-electron chi connectivity index (χ2n) is 6.90. The molecule has 1 saturated carbocycles. The molecule has 7 heteroatoms. The van der Waals surface area contributed by atoms with E-state index in [4.69, 9.17) is 9.73 Å². The molecule has 24 heavy (non-hydrogen) atoms. The van der Waals surface area contributed by atoms with Gasteiger partial charge in [0.05, 0.1) is 0 Å². The monoisotopic (exact) mass is 334 g/mol. The summed E-state index contributed by atoms with van der Waals surface area (Å²) >= 11 is 0. The van der Waals surface area contributed by atoms with Crippen molar-refractivity contribution in [1.82, 2.24) is 25.4 Å². The zero-order valence-corrected chi connectivity index (χ0v) is 14.9. The van der Waals surface area contributed by atoms with Crippen LogP contribution in [0.2, 0.25) is 0 Å². The average molecular weight is 334 g/mol. The minimum atomic E-state index is 0.440. The lowest BCUT2D eigenvalue weighted by Crippen LogP contribution is -2.49. The van der Waals surface area contributed by atoms with Gasteiger partial charge in [0, 0.05) is 32.3 Å². The van der Waals surface area contributed by atoms with Gasteiger partial charge in [-0.2, -0.15) is 0 Å². The SMILES string of the molecule is Cc1nnc(CN=C(NC2CCCCC2)NC2CCOCC2)n1C. The van der Waals surface area contributed by atoms with Crippen LogP contribution >= 0.6 is 0 Å². The van der Waals surface area contributed by atoms with E-state index in [1.165, 1.54) is 32.1 Å². The average Bonchev–Trinajstić information content (AvgIpc) is 2.93. The number of hydrogen-bond acceptors (Lipinski definition) is 4. The molecule has 1 aliphatic carbocycles. The highest BCUT2D eigenvalue weighted by Crippen LogP contribution is 2.17. The zero-order chi connectivity index (χ0) is 16.8. The minimum Gasteiger partial charge on any atom is -0.381 e. The number of nitrogens with zero attached hydrogens (tertiary/aromatic N) is 4. The summed E-state index contributed by atoms with van der Waals surface area (Å²) in [5, 5.41) is 15.6. The molecular formula is C17H30N6O. The van der Waals surface area contributed by atoms with Crippen molar-refractivity contribution < 1.29 is 4.74 Å². The molecule has 0 amide bonds. The van der Waals surface area contributed by atoms with E-state index in [0.717, 1.165) is 43.7 Å². The second kappa shape index (κ2) is 8.46. The van der Waals surface area contributed by atoms with E-state index in [1.54, 1.807) is 0 Å².